The third-order valence-corrected chi connectivity index (χ3v) is 5.86. The Morgan fingerprint density at radius 1 is 1.11 bits per heavy atom. The lowest BCUT2D eigenvalue weighted by Crippen LogP contribution is -2.62. The molecule has 1 aromatic heterocycles. The number of aromatic amines is 1. The number of rotatable bonds is 2. The van der Waals surface area contributed by atoms with Crippen LogP contribution in [0.4, 0.5) is 0 Å². The molecule has 2 aromatic carbocycles. The Morgan fingerprint density at radius 3 is 2.75 bits per heavy atom. The number of benzene rings is 2. The van der Waals surface area contributed by atoms with Crippen molar-refractivity contribution in [3.63, 3.8) is 0 Å². The summed E-state index contributed by atoms with van der Waals surface area (Å²) in [6.45, 7) is 0.103. The molecular formula is C22H21N3O3. The maximum absolute atomic E-state index is 13.0. The zero-order chi connectivity index (χ0) is 19.4. The number of carbonyl (C=O) groups is 2. The average molecular weight is 375 g/mol. The van der Waals surface area contributed by atoms with Crippen LogP contribution in [0.3, 0.4) is 0 Å². The predicted molar refractivity (Wildman–Crippen MR) is 105 cm³/mol. The largest absolute Gasteiger partial charge is 0.497 e. The van der Waals surface area contributed by atoms with Gasteiger partial charge in [-0.3, -0.25) is 9.59 Å². The summed E-state index contributed by atoms with van der Waals surface area (Å²) in [4.78, 5) is 32.8. The lowest BCUT2D eigenvalue weighted by Gasteiger charge is -2.46. The van der Waals surface area contributed by atoms with E-state index in [9.17, 15) is 9.59 Å². The van der Waals surface area contributed by atoms with Crippen LogP contribution in [-0.2, 0) is 16.0 Å². The summed E-state index contributed by atoms with van der Waals surface area (Å²) in [5.41, 5.74) is 4.05. The number of fused-ring (bicyclic) bond motifs is 4. The molecule has 1 fully saturated rings. The number of ether oxygens (including phenoxy) is 1. The Balaban J connectivity index is 1.76. The molecule has 28 heavy (non-hydrogen) atoms. The van der Waals surface area contributed by atoms with Crippen molar-refractivity contribution in [3.05, 3.63) is 65.4 Å². The molecule has 1 saturated heterocycles. The highest BCUT2D eigenvalue weighted by Gasteiger charge is 2.47. The molecule has 142 valence electrons. The molecule has 3 heterocycles. The summed E-state index contributed by atoms with van der Waals surface area (Å²) in [5.74, 6) is 0.679. The zero-order valence-corrected chi connectivity index (χ0v) is 15.8. The van der Waals surface area contributed by atoms with Crippen LogP contribution in [0.5, 0.6) is 5.75 Å². The SMILES string of the molecule is COc1cccc([C@@H]2c3[nH]c4ccccc4c3C[C@H]3C(=O)N(C)CC(=O)N23)c1. The first-order valence-corrected chi connectivity index (χ1v) is 9.38. The lowest BCUT2D eigenvalue weighted by molar-refractivity contribution is -0.157. The van der Waals surface area contributed by atoms with Gasteiger partial charge in [0.15, 0.2) is 0 Å². The van der Waals surface area contributed by atoms with E-state index in [1.54, 1.807) is 19.1 Å². The third-order valence-electron chi connectivity index (χ3n) is 5.86. The van der Waals surface area contributed by atoms with Gasteiger partial charge >= 0.3 is 0 Å². The standard InChI is InChI=1S/C22H21N3O3/c1-24-12-19(26)25-18(22(24)27)11-16-15-8-3-4-9-17(15)23-20(16)21(25)13-6-5-7-14(10-13)28-2/h3-10,18,21,23H,11-12H2,1-2H3/t18-,21+/m0/s1. The predicted octanol–water partition coefficient (Wildman–Crippen LogP) is 2.49. The quantitative estimate of drug-likeness (QED) is 0.748. The maximum Gasteiger partial charge on any atom is 0.245 e. The highest BCUT2D eigenvalue weighted by Crippen LogP contribution is 2.42. The first kappa shape index (κ1) is 16.9. The minimum Gasteiger partial charge on any atom is -0.497 e. The minimum atomic E-state index is -0.492. The van der Waals surface area contributed by atoms with Gasteiger partial charge in [-0.25, -0.2) is 0 Å². The van der Waals surface area contributed by atoms with Gasteiger partial charge in [0.05, 0.1) is 19.7 Å². The molecule has 0 saturated carbocycles. The number of para-hydroxylation sites is 1. The number of hydrogen-bond acceptors (Lipinski definition) is 3. The second-order valence-corrected chi connectivity index (χ2v) is 7.46. The van der Waals surface area contributed by atoms with Gasteiger partial charge in [0.1, 0.15) is 11.8 Å². The van der Waals surface area contributed by atoms with Gasteiger partial charge in [-0.05, 0) is 29.3 Å². The Bertz CT molecular complexity index is 1100. The number of carbonyl (C=O) groups excluding carboxylic acids is 2. The summed E-state index contributed by atoms with van der Waals surface area (Å²) in [7, 11) is 3.32. The summed E-state index contributed by atoms with van der Waals surface area (Å²) >= 11 is 0. The zero-order valence-electron chi connectivity index (χ0n) is 15.8. The fourth-order valence-electron chi connectivity index (χ4n) is 4.56. The molecule has 3 aromatic rings. The summed E-state index contributed by atoms with van der Waals surface area (Å²) in [5, 5.41) is 1.11. The molecule has 1 N–H and O–H groups in total. The number of nitrogens with one attached hydrogen (secondary N) is 1. The molecule has 0 spiro atoms. The van der Waals surface area contributed by atoms with Crippen molar-refractivity contribution in [2.75, 3.05) is 20.7 Å². The molecule has 6 heteroatoms. The van der Waals surface area contributed by atoms with Gasteiger partial charge in [-0.15, -0.1) is 0 Å². The number of H-pyrrole nitrogens is 1. The van der Waals surface area contributed by atoms with Crippen molar-refractivity contribution in [1.82, 2.24) is 14.8 Å². The van der Waals surface area contributed by atoms with Crippen LogP contribution in [0.2, 0.25) is 0 Å². The fraction of sp³-hybridized carbons (Fsp3) is 0.273. The molecule has 0 radical (unpaired) electrons. The van der Waals surface area contributed by atoms with Crippen LogP contribution in [0.1, 0.15) is 22.9 Å². The maximum atomic E-state index is 13.0. The average Bonchev–Trinajstić information content (AvgIpc) is 3.09. The van der Waals surface area contributed by atoms with Gasteiger partial charge in [0.2, 0.25) is 11.8 Å². The molecule has 0 aliphatic carbocycles. The molecular weight excluding hydrogens is 354 g/mol. The normalized spacial score (nSPS) is 21.6. The molecule has 2 aliphatic heterocycles. The molecule has 0 bridgehead atoms. The van der Waals surface area contributed by atoms with E-state index in [0.29, 0.717) is 6.42 Å². The Kier molecular flexibility index (Phi) is 3.69. The van der Waals surface area contributed by atoms with E-state index in [1.165, 1.54) is 4.90 Å². The van der Waals surface area contributed by atoms with Crippen LogP contribution in [-0.4, -0.2) is 53.3 Å². The lowest BCUT2D eigenvalue weighted by atomic mass is 9.86. The Morgan fingerprint density at radius 2 is 1.93 bits per heavy atom. The number of likely N-dealkylation sites (N-methyl/N-ethyl adjacent to an activating group) is 1. The van der Waals surface area contributed by atoms with E-state index in [1.807, 2.05) is 42.5 Å². The second kappa shape index (κ2) is 6.12. The van der Waals surface area contributed by atoms with Crippen LogP contribution in [0, 0.1) is 0 Å². The van der Waals surface area contributed by atoms with E-state index in [0.717, 1.165) is 33.5 Å². The van der Waals surface area contributed by atoms with Gasteiger partial charge in [0, 0.05) is 30.1 Å². The van der Waals surface area contributed by atoms with Crippen molar-refractivity contribution in [3.8, 4) is 5.75 Å². The number of aromatic nitrogens is 1. The number of hydrogen-bond donors (Lipinski definition) is 1. The monoisotopic (exact) mass is 375 g/mol. The topological polar surface area (TPSA) is 65.6 Å². The van der Waals surface area contributed by atoms with Crippen molar-refractivity contribution in [2.45, 2.75) is 18.5 Å². The van der Waals surface area contributed by atoms with Crippen LogP contribution in [0.15, 0.2) is 48.5 Å². The summed E-state index contributed by atoms with van der Waals surface area (Å²) < 4.78 is 5.40. The van der Waals surface area contributed by atoms with Gasteiger partial charge in [0.25, 0.3) is 0 Å². The highest BCUT2D eigenvalue weighted by atomic mass is 16.5. The molecule has 6 nitrogen and oxygen atoms in total. The number of methoxy groups -OCH3 is 1. The number of nitrogens with zero attached hydrogens (tertiary/aromatic N) is 2. The van der Waals surface area contributed by atoms with Crippen molar-refractivity contribution < 1.29 is 14.3 Å². The molecule has 5 rings (SSSR count). The number of piperazine rings is 1. The minimum absolute atomic E-state index is 0.0107. The van der Waals surface area contributed by atoms with E-state index in [4.69, 9.17) is 4.74 Å². The second-order valence-electron chi connectivity index (χ2n) is 7.46. The van der Waals surface area contributed by atoms with Crippen LogP contribution < -0.4 is 4.74 Å². The van der Waals surface area contributed by atoms with Gasteiger partial charge in [-0.1, -0.05) is 30.3 Å². The van der Waals surface area contributed by atoms with Crippen molar-refractivity contribution in [1.29, 1.82) is 0 Å². The first-order chi connectivity index (χ1) is 13.6. The summed E-state index contributed by atoms with van der Waals surface area (Å²) in [6.07, 6.45) is 0.523. The molecule has 2 atom stereocenters. The molecule has 2 amide bonds. The first-order valence-electron chi connectivity index (χ1n) is 9.38. The van der Waals surface area contributed by atoms with Gasteiger partial charge < -0.3 is 19.5 Å². The van der Waals surface area contributed by atoms with Crippen LogP contribution in [0.25, 0.3) is 10.9 Å². The summed E-state index contributed by atoms with van der Waals surface area (Å²) in [6, 6.07) is 15.0. The van der Waals surface area contributed by atoms with Crippen molar-refractivity contribution >= 4 is 22.7 Å². The van der Waals surface area contributed by atoms with E-state index in [2.05, 4.69) is 11.1 Å². The van der Waals surface area contributed by atoms with E-state index in [-0.39, 0.29) is 24.4 Å². The number of amides is 2. The molecule has 0 unspecified atom stereocenters. The Hall–Kier alpha value is -3.28. The van der Waals surface area contributed by atoms with E-state index < -0.39 is 6.04 Å². The van der Waals surface area contributed by atoms with Crippen molar-refractivity contribution in [2.24, 2.45) is 0 Å². The highest BCUT2D eigenvalue weighted by molar-refractivity contribution is 5.97. The third kappa shape index (κ3) is 2.34. The van der Waals surface area contributed by atoms with Crippen LogP contribution >= 0.6 is 0 Å². The van der Waals surface area contributed by atoms with E-state index >= 15 is 0 Å². The smallest absolute Gasteiger partial charge is 0.245 e. The molecule has 2 aliphatic rings. The van der Waals surface area contributed by atoms with Gasteiger partial charge in [-0.2, -0.15) is 0 Å². The fourth-order valence-corrected chi connectivity index (χ4v) is 4.56. The Labute approximate surface area is 162 Å².